The van der Waals surface area contributed by atoms with Gasteiger partial charge in [-0.2, -0.15) is 0 Å². The molecule has 7 heteroatoms. The topological polar surface area (TPSA) is 33.1 Å². The molecule has 2 aromatic carbocycles. The molecule has 5 rings (SSSR count). The number of nitrogens with zero attached hydrogens (tertiary/aromatic N) is 3. The minimum absolute atomic E-state index is 0.263. The Morgan fingerprint density at radius 1 is 0.968 bits per heavy atom. The Morgan fingerprint density at radius 3 is 2.58 bits per heavy atom. The van der Waals surface area contributed by atoms with Crippen molar-refractivity contribution in [3.05, 3.63) is 113 Å². The van der Waals surface area contributed by atoms with Crippen molar-refractivity contribution in [1.29, 1.82) is 0 Å². The number of hydrogen-bond acceptors (Lipinski definition) is 2. The number of rotatable bonds is 4. The van der Waals surface area contributed by atoms with Crippen LogP contribution in [0.5, 0.6) is 0 Å². The average Bonchev–Trinajstić information content (AvgIpc) is 3.39. The molecule has 0 saturated carbocycles. The van der Waals surface area contributed by atoms with Gasteiger partial charge in [-0.3, -0.25) is 4.98 Å². The van der Waals surface area contributed by atoms with E-state index in [1.165, 1.54) is 6.07 Å². The second kappa shape index (κ2) is 8.13. The lowest BCUT2D eigenvalue weighted by Crippen LogP contribution is -2.31. The fraction of sp³-hybridized carbons (Fsp3) is 0.0833. The SMILES string of the molecule is Fc1ccccc1N1C(=S)N[C@@H](c2ccccn2)[C@H]1c1cccn1-c1cccc(Cl)c1. The fourth-order valence-corrected chi connectivity index (χ4v) is 4.58. The number of nitrogens with one attached hydrogen (secondary N) is 1. The average molecular weight is 449 g/mol. The maximum atomic E-state index is 14.9. The Labute approximate surface area is 189 Å². The van der Waals surface area contributed by atoms with Crippen molar-refractivity contribution in [3.8, 4) is 5.69 Å². The molecular weight excluding hydrogens is 431 g/mol. The number of anilines is 1. The molecule has 154 valence electrons. The third kappa shape index (κ3) is 3.58. The Morgan fingerprint density at radius 2 is 1.81 bits per heavy atom. The zero-order chi connectivity index (χ0) is 21.4. The lowest BCUT2D eigenvalue weighted by Gasteiger charge is -2.29. The fourth-order valence-electron chi connectivity index (χ4n) is 4.06. The van der Waals surface area contributed by atoms with Crippen molar-refractivity contribution in [3.63, 3.8) is 0 Å². The van der Waals surface area contributed by atoms with Gasteiger partial charge in [0.15, 0.2) is 5.11 Å². The van der Waals surface area contributed by atoms with E-state index in [4.69, 9.17) is 23.8 Å². The second-order valence-electron chi connectivity index (χ2n) is 7.23. The van der Waals surface area contributed by atoms with E-state index in [0.717, 1.165) is 17.1 Å². The largest absolute Gasteiger partial charge is 0.351 e. The van der Waals surface area contributed by atoms with Crippen molar-refractivity contribution < 1.29 is 4.39 Å². The van der Waals surface area contributed by atoms with Crippen molar-refractivity contribution in [2.45, 2.75) is 12.1 Å². The molecule has 1 aliphatic rings. The first kappa shape index (κ1) is 19.7. The van der Waals surface area contributed by atoms with Crippen LogP contribution in [0, 0.1) is 5.82 Å². The van der Waals surface area contributed by atoms with Gasteiger partial charge in [-0.15, -0.1) is 0 Å². The standard InChI is InChI=1S/C24H18ClFN4S/c25-16-7-5-8-17(15-16)29-14-6-12-21(29)23-22(19-10-3-4-13-27-19)28-24(31)30(23)20-11-2-1-9-18(20)26/h1-15,22-23H,(H,28,31)/t22-,23+/m0/s1. The van der Waals surface area contributed by atoms with E-state index in [2.05, 4.69) is 14.9 Å². The van der Waals surface area contributed by atoms with Crippen LogP contribution in [0.15, 0.2) is 91.3 Å². The highest BCUT2D eigenvalue weighted by Crippen LogP contribution is 2.42. The predicted octanol–water partition coefficient (Wildman–Crippen LogP) is 5.84. The minimum Gasteiger partial charge on any atom is -0.351 e. The molecule has 2 aromatic heterocycles. The molecule has 1 fully saturated rings. The summed E-state index contributed by atoms with van der Waals surface area (Å²) in [6.07, 6.45) is 3.72. The maximum Gasteiger partial charge on any atom is 0.174 e. The number of aromatic nitrogens is 2. The molecule has 31 heavy (non-hydrogen) atoms. The zero-order valence-corrected chi connectivity index (χ0v) is 17.9. The zero-order valence-electron chi connectivity index (χ0n) is 16.3. The van der Waals surface area contributed by atoms with Gasteiger partial charge < -0.3 is 14.8 Å². The quantitative estimate of drug-likeness (QED) is 0.397. The summed E-state index contributed by atoms with van der Waals surface area (Å²) in [7, 11) is 0. The van der Waals surface area contributed by atoms with Crippen LogP contribution in [0.25, 0.3) is 5.69 Å². The smallest absolute Gasteiger partial charge is 0.174 e. The van der Waals surface area contributed by atoms with Gasteiger partial charge in [-0.1, -0.05) is 35.9 Å². The molecule has 1 aliphatic heterocycles. The molecule has 0 spiro atoms. The Hall–Kier alpha value is -3.22. The molecule has 0 aliphatic carbocycles. The monoisotopic (exact) mass is 448 g/mol. The third-order valence-corrected chi connectivity index (χ3v) is 5.93. The third-order valence-electron chi connectivity index (χ3n) is 5.38. The van der Waals surface area contributed by atoms with Crippen LogP contribution >= 0.6 is 23.8 Å². The van der Waals surface area contributed by atoms with Gasteiger partial charge in [-0.25, -0.2) is 4.39 Å². The van der Waals surface area contributed by atoms with Gasteiger partial charge in [0.05, 0.1) is 17.4 Å². The van der Waals surface area contributed by atoms with Gasteiger partial charge >= 0.3 is 0 Å². The Bertz CT molecular complexity index is 1240. The van der Waals surface area contributed by atoms with E-state index >= 15 is 0 Å². The maximum absolute atomic E-state index is 14.9. The molecule has 2 atom stereocenters. The molecule has 3 heterocycles. The second-order valence-corrected chi connectivity index (χ2v) is 8.05. The highest BCUT2D eigenvalue weighted by Gasteiger charge is 2.42. The van der Waals surface area contributed by atoms with E-state index in [9.17, 15) is 4.39 Å². The molecular formula is C24H18ClFN4S. The lowest BCUT2D eigenvalue weighted by atomic mass is 10.0. The molecule has 1 N–H and O–H groups in total. The highest BCUT2D eigenvalue weighted by molar-refractivity contribution is 7.80. The molecule has 0 unspecified atom stereocenters. The van der Waals surface area contributed by atoms with Crippen LogP contribution in [0.2, 0.25) is 5.02 Å². The predicted molar refractivity (Wildman–Crippen MR) is 125 cm³/mol. The first-order valence-corrected chi connectivity index (χ1v) is 10.6. The van der Waals surface area contributed by atoms with Crippen LogP contribution in [-0.2, 0) is 0 Å². The molecule has 0 radical (unpaired) electrons. The molecule has 4 nitrogen and oxygen atoms in total. The molecule has 0 amide bonds. The summed E-state index contributed by atoms with van der Waals surface area (Å²) >= 11 is 11.9. The Kier molecular flexibility index (Phi) is 5.18. The van der Waals surface area contributed by atoms with Crippen LogP contribution in [0.4, 0.5) is 10.1 Å². The van der Waals surface area contributed by atoms with Crippen molar-refractivity contribution >= 4 is 34.6 Å². The summed E-state index contributed by atoms with van der Waals surface area (Å²) in [6, 6.07) is 23.4. The summed E-state index contributed by atoms with van der Waals surface area (Å²) < 4.78 is 16.9. The number of hydrogen-bond donors (Lipinski definition) is 1. The summed E-state index contributed by atoms with van der Waals surface area (Å²) in [5, 5.41) is 4.45. The first-order valence-electron chi connectivity index (χ1n) is 9.82. The van der Waals surface area contributed by atoms with Crippen LogP contribution in [0.3, 0.4) is 0 Å². The van der Waals surface area contributed by atoms with Gasteiger partial charge in [0.1, 0.15) is 11.9 Å². The number of benzene rings is 2. The van der Waals surface area contributed by atoms with E-state index < -0.39 is 0 Å². The number of pyridine rings is 1. The van der Waals surface area contributed by atoms with E-state index in [0.29, 0.717) is 15.8 Å². The van der Waals surface area contributed by atoms with E-state index in [-0.39, 0.29) is 17.9 Å². The molecule has 1 saturated heterocycles. The molecule has 4 aromatic rings. The van der Waals surface area contributed by atoms with Crippen LogP contribution in [-0.4, -0.2) is 14.7 Å². The van der Waals surface area contributed by atoms with Gasteiger partial charge in [0.25, 0.3) is 0 Å². The highest BCUT2D eigenvalue weighted by atomic mass is 35.5. The lowest BCUT2D eigenvalue weighted by molar-refractivity contribution is 0.542. The van der Waals surface area contributed by atoms with Crippen LogP contribution < -0.4 is 10.2 Å². The van der Waals surface area contributed by atoms with Crippen molar-refractivity contribution in [2.24, 2.45) is 0 Å². The Balaban J connectivity index is 1.69. The van der Waals surface area contributed by atoms with E-state index in [1.807, 2.05) is 71.8 Å². The summed E-state index contributed by atoms with van der Waals surface area (Å²) in [6.45, 7) is 0. The normalized spacial score (nSPS) is 18.3. The summed E-state index contributed by atoms with van der Waals surface area (Å²) in [5.41, 5.74) is 3.10. The van der Waals surface area contributed by atoms with Crippen molar-refractivity contribution in [1.82, 2.24) is 14.9 Å². The number of para-hydroxylation sites is 1. The van der Waals surface area contributed by atoms with E-state index in [1.54, 1.807) is 18.3 Å². The minimum atomic E-state index is -0.334. The number of thiocarbonyl (C=S) groups is 1. The molecule has 0 bridgehead atoms. The van der Waals surface area contributed by atoms with Gasteiger partial charge in [-0.05, 0) is 66.8 Å². The van der Waals surface area contributed by atoms with Gasteiger partial charge in [0.2, 0.25) is 0 Å². The van der Waals surface area contributed by atoms with Crippen molar-refractivity contribution in [2.75, 3.05) is 4.90 Å². The number of halogens is 2. The summed E-state index contributed by atoms with van der Waals surface area (Å²) in [4.78, 5) is 6.38. The van der Waals surface area contributed by atoms with Gasteiger partial charge in [0, 0.05) is 28.8 Å². The first-order chi connectivity index (χ1) is 15.1. The van der Waals surface area contributed by atoms with Crippen LogP contribution in [0.1, 0.15) is 23.5 Å². The summed E-state index contributed by atoms with van der Waals surface area (Å²) in [5.74, 6) is -0.334.